The minimum absolute atomic E-state index is 0.00221. The molecule has 0 fully saturated rings. The minimum Gasteiger partial charge on any atom is -0.352 e. The van der Waals surface area contributed by atoms with Crippen molar-refractivity contribution in [2.75, 3.05) is 5.88 Å². The molecule has 0 aromatic carbocycles. The highest BCUT2D eigenvalue weighted by Gasteiger charge is 2.13. The zero-order valence-electron chi connectivity index (χ0n) is 8.98. The first-order valence-corrected chi connectivity index (χ1v) is 5.49. The molecule has 1 aromatic heterocycles. The van der Waals surface area contributed by atoms with Crippen LogP contribution in [0.1, 0.15) is 13.8 Å². The number of halogens is 1. The van der Waals surface area contributed by atoms with Crippen LogP contribution in [0.2, 0.25) is 0 Å². The number of carbonyl (C=O) groups excluding carboxylic acids is 1. The van der Waals surface area contributed by atoms with E-state index in [0.29, 0.717) is 5.88 Å². The molecule has 0 saturated carbocycles. The smallest absolute Gasteiger partial charge is 0.224 e. The van der Waals surface area contributed by atoms with Crippen LogP contribution in [-0.4, -0.2) is 27.4 Å². The van der Waals surface area contributed by atoms with E-state index in [1.165, 1.54) is 0 Å². The maximum Gasteiger partial charge on any atom is 0.224 e. The molecule has 2 atom stereocenters. The first kappa shape index (κ1) is 12.0. The average molecular weight is 230 g/mol. The monoisotopic (exact) mass is 229 g/mol. The van der Waals surface area contributed by atoms with Crippen molar-refractivity contribution in [1.82, 2.24) is 14.9 Å². The van der Waals surface area contributed by atoms with E-state index in [9.17, 15) is 4.79 Å². The Hall–Kier alpha value is -1.03. The van der Waals surface area contributed by atoms with E-state index in [1.54, 1.807) is 12.5 Å². The van der Waals surface area contributed by atoms with Gasteiger partial charge in [-0.3, -0.25) is 4.79 Å². The third kappa shape index (κ3) is 3.91. The van der Waals surface area contributed by atoms with Crippen molar-refractivity contribution in [3.8, 4) is 0 Å². The van der Waals surface area contributed by atoms with E-state index in [4.69, 9.17) is 11.6 Å². The van der Waals surface area contributed by atoms with Gasteiger partial charge in [-0.05, 0) is 6.92 Å². The van der Waals surface area contributed by atoms with Crippen molar-refractivity contribution in [2.24, 2.45) is 5.92 Å². The molecule has 4 nitrogen and oxygen atoms in total. The van der Waals surface area contributed by atoms with Crippen LogP contribution < -0.4 is 5.32 Å². The third-order valence-corrected chi connectivity index (χ3v) is 2.57. The molecule has 5 heteroatoms. The summed E-state index contributed by atoms with van der Waals surface area (Å²) in [5.74, 6) is 0.207. The van der Waals surface area contributed by atoms with Crippen LogP contribution in [-0.2, 0) is 11.3 Å². The predicted molar refractivity (Wildman–Crippen MR) is 59.7 cm³/mol. The molecule has 2 unspecified atom stereocenters. The molecular formula is C10H16ClN3O. The lowest BCUT2D eigenvalue weighted by Crippen LogP contribution is -2.39. The molecule has 15 heavy (non-hydrogen) atoms. The van der Waals surface area contributed by atoms with Gasteiger partial charge >= 0.3 is 0 Å². The first-order chi connectivity index (χ1) is 7.13. The summed E-state index contributed by atoms with van der Waals surface area (Å²) < 4.78 is 1.93. The molecule has 0 aliphatic carbocycles. The standard InChI is InChI=1S/C10H16ClN3O/c1-8(5-11)10(15)13-9(2)6-14-4-3-12-7-14/h3-4,7-9H,5-6H2,1-2H3,(H,13,15). The first-order valence-electron chi connectivity index (χ1n) is 4.95. The second-order valence-electron chi connectivity index (χ2n) is 3.72. The van der Waals surface area contributed by atoms with Crippen LogP contribution in [0.4, 0.5) is 0 Å². The van der Waals surface area contributed by atoms with Gasteiger partial charge in [0.25, 0.3) is 0 Å². The summed E-state index contributed by atoms with van der Waals surface area (Å²) in [5, 5.41) is 2.90. The Kier molecular flexibility index (Phi) is 4.62. The predicted octanol–water partition coefficient (Wildman–Crippen LogP) is 1.26. The summed E-state index contributed by atoms with van der Waals surface area (Å²) in [4.78, 5) is 15.4. The maximum atomic E-state index is 11.5. The van der Waals surface area contributed by atoms with Crippen LogP contribution in [0.5, 0.6) is 0 Å². The van der Waals surface area contributed by atoms with Crippen molar-refractivity contribution in [1.29, 1.82) is 0 Å². The second kappa shape index (κ2) is 5.75. The van der Waals surface area contributed by atoms with Gasteiger partial charge in [-0.15, -0.1) is 11.6 Å². The Balaban J connectivity index is 2.36. The zero-order chi connectivity index (χ0) is 11.3. The Bertz CT molecular complexity index is 300. The van der Waals surface area contributed by atoms with Crippen molar-refractivity contribution >= 4 is 17.5 Å². The highest BCUT2D eigenvalue weighted by atomic mass is 35.5. The SMILES string of the molecule is CC(Cn1ccnc1)NC(=O)C(C)CCl. The van der Waals surface area contributed by atoms with E-state index in [0.717, 1.165) is 6.54 Å². The third-order valence-electron chi connectivity index (χ3n) is 2.11. The lowest BCUT2D eigenvalue weighted by Gasteiger charge is -2.16. The number of imidazole rings is 1. The molecule has 0 saturated heterocycles. The largest absolute Gasteiger partial charge is 0.352 e. The summed E-state index contributed by atoms with van der Waals surface area (Å²) in [6, 6.07) is 0.0809. The normalized spacial score (nSPS) is 14.6. The van der Waals surface area contributed by atoms with E-state index in [1.807, 2.05) is 24.6 Å². The molecule has 0 aliphatic heterocycles. The number of hydrogen-bond donors (Lipinski definition) is 1. The van der Waals surface area contributed by atoms with Crippen molar-refractivity contribution < 1.29 is 4.79 Å². The summed E-state index contributed by atoms with van der Waals surface area (Å²) >= 11 is 5.60. The van der Waals surface area contributed by atoms with E-state index in [-0.39, 0.29) is 17.9 Å². The average Bonchev–Trinajstić information content (AvgIpc) is 2.68. The fourth-order valence-corrected chi connectivity index (χ4v) is 1.35. The molecule has 1 aromatic rings. The Morgan fingerprint density at radius 3 is 2.87 bits per heavy atom. The summed E-state index contributed by atoms with van der Waals surface area (Å²) in [6.07, 6.45) is 5.32. The molecule has 1 heterocycles. The molecule has 0 radical (unpaired) electrons. The van der Waals surface area contributed by atoms with Crippen LogP contribution in [0.25, 0.3) is 0 Å². The van der Waals surface area contributed by atoms with Gasteiger partial charge in [0, 0.05) is 36.8 Å². The van der Waals surface area contributed by atoms with Crippen LogP contribution in [0.3, 0.4) is 0 Å². The maximum absolute atomic E-state index is 11.5. The van der Waals surface area contributed by atoms with Gasteiger partial charge in [0.05, 0.1) is 6.33 Å². The van der Waals surface area contributed by atoms with Gasteiger partial charge in [0.15, 0.2) is 0 Å². The summed E-state index contributed by atoms with van der Waals surface area (Å²) in [7, 11) is 0. The highest BCUT2D eigenvalue weighted by molar-refractivity contribution is 6.19. The topological polar surface area (TPSA) is 46.9 Å². The van der Waals surface area contributed by atoms with Gasteiger partial charge in [-0.1, -0.05) is 6.92 Å². The number of hydrogen-bond acceptors (Lipinski definition) is 2. The molecule has 0 spiro atoms. The molecule has 84 valence electrons. The van der Waals surface area contributed by atoms with Gasteiger partial charge in [0.2, 0.25) is 5.91 Å². The lowest BCUT2D eigenvalue weighted by atomic mass is 10.2. The van der Waals surface area contributed by atoms with Crippen LogP contribution in [0.15, 0.2) is 18.7 Å². The molecule has 0 bridgehead atoms. The highest BCUT2D eigenvalue weighted by Crippen LogP contribution is 1.99. The molecule has 1 rings (SSSR count). The Morgan fingerprint density at radius 2 is 2.33 bits per heavy atom. The quantitative estimate of drug-likeness (QED) is 0.773. The number of rotatable bonds is 5. The summed E-state index contributed by atoms with van der Waals surface area (Å²) in [6.45, 7) is 4.49. The molecule has 0 aliphatic rings. The van der Waals surface area contributed by atoms with Gasteiger partial charge in [0.1, 0.15) is 0 Å². The summed E-state index contributed by atoms with van der Waals surface area (Å²) in [5.41, 5.74) is 0. The van der Waals surface area contributed by atoms with Crippen molar-refractivity contribution in [3.05, 3.63) is 18.7 Å². The molecule has 1 N–H and O–H groups in total. The number of nitrogens with zero attached hydrogens (tertiary/aromatic N) is 2. The van der Waals surface area contributed by atoms with E-state index in [2.05, 4.69) is 10.3 Å². The van der Waals surface area contributed by atoms with Crippen molar-refractivity contribution in [3.63, 3.8) is 0 Å². The number of amides is 1. The second-order valence-corrected chi connectivity index (χ2v) is 4.03. The van der Waals surface area contributed by atoms with Crippen LogP contribution in [0, 0.1) is 5.92 Å². The van der Waals surface area contributed by atoms with Crippen molar-refractivity contribution in [2.45, 2.75) is 26.4 Å². The Labute approximate surface area is 94.6 Å². The number of nitrogens with one attached hydrogen (secondary N) is 1. The number of alkyl halides is 1. The van der Waals surface area contributed by atoms with Gasteiger partial charge in [-0.25, -0.2) is 4.98 Å². The van der Waals surface area contributed by atoms with Crippen LogP contribution >= 0.6 is 11.6 Å². The Morgan fingerprint density at radius 1 is 1.60 bits per heavy atom. The lowest BCUT2D eigenvalue weighted by molar-refractivity contribution is -0.124. The number of aromatic nitrogens is 2. The zero-order valence-corrected chi connectivity index (χ0v) is 9.74. The minimum atomic E-state index is -0.142. The molecule has 1 amide bonds. The van der Waals surface area contributed by atoms with Gasteiger partial charge < -0.3 is 9.88 Å². The van der Waals surface area contributed by atoms with E-state index < -0.39 is 0 Å². The number of carbonyl (C=O) groups is 1. The van der Waals surface area contributed by atoms with E-state index >= 15 is 0 Å². The fourth-order valence-electron chi connectivity index (χ4n) is 1.21. The van der Waals surface area contributed by atoms with Gasteiger partial charge in [-0.2, -0.15) is 0 Å². The fraction of sp³-hybridized carbons (Fsp3) is 0.600. The molecular weight excluding hydrogens is 214 g/mol.